The SMILES string of the molecule is FC(F)(F)COCC1(CBr)CC2CC2C1. The van der Waals surface area contributed by atoms with Gasteiger partial charge in [-0.05, 0) is 31.1 Å². The van der Waals surface area contributed by atoms with Gasteiger partial charge in [-0.1, -0.05) is 15.9 Å². The van der Waals surface area contributed by atoms with Crippen LogP contribution in [0.25, 0.3) is 0 Å². The van der Waals surface area contributed by atoms with Gasteiger partial charge in [-0.2, -0.15) is 13.2 Å². The molecule has 2 aliphatic rings. The van der Waals surface area contributed by atoms with E-state index in [1.54, 1.807) is 0 Å². The Morgan fingerprint density at radius 3 is 2.33 bits per heavy atom. The Balaban J connectivity index is 1.77. The summed E-state index contributed by atoms with van der Waals surface area (Å²) in [7, 11) is 0. The first-order chi connectivity index (χ1) is 6.94. The molecule has 0 saturated heterocycles. The molecular weight excluding hydrogens is 273 g/mol. The monoisotopic (exact) mass is 286 g/mol. The van der Waals surface area contributed by atoms with E-state index >= 15 is 0 Å². The lowest BCUT2D eigenvalue weighted by Crippen LogP contribution is -2.30. The van der Waals surface area contributed by atoms with E-state index < -0.39 is 12.8 Å². The third-order valence-corrected chi connectivity index (χ3v) is 4.61. The van der Waals surface area contributed by atoms with Gasteiger partial charge in [-0.25, -0.2) is 0 Å². The molecule has 2 saturated carbocycles. The Labute approximate surface area is 95.5 Å². The minimum Gasteiger partial charge on any atom is -0.371 e. The molecule has 0 radical (unpaired) electrons. The highest BCUT2D eigenvalue weighted by Crippen LogP contribution is 2.60. The van der Waals surface area contributed by atoms with Gasteiger partial charge in [0.25, 0.3) is 0 Å². The Kier molecular flexibility index (Phi) is 3.05. The van der Waals surface area contributed by atoms with E-state index in [-0.39, 0.29) is 12.0 Å². The molecule has 2 fully saturated rings. The molecule has 0 N–H and O–H groups in total. The van der Waals surface area contributed by atoms with Gasteiger partial charge in [0.2, 0.25) is 0 Å². The molecule has 0 heterocycles. The predicted octanol–water partition coefficient (Wildman–Crippen LogP) is 3.38. The van der Waals surface area contributed by atoms with Crippen LogP contribution in [0.5, 0.6) is 0 Å². The minimum absolute atomic E-state index is 0.0289. The zero-order chi connectivity index (χ0) is 11.1. The van der Waals surface area contributed by atoms with E-state index in [2.05, 4.69) is 15.9 Å². The van der Waals surface area contributed by atoms with Crippen molar-refractivity contribution in [3.8, 4) is 0 Å². The summed E-state index contributed by atoms with van der Waals surface area (Å²) >= 11 is 3.40. The molecule has 2 unspecified atom stereocenters. The number of alkyl halides is 4. The smallest absolute Gasteiger partial charge is 0.371 e. The maximum Gasteiger partial charge on any atom is 0.411 e. The number of hydrogen-bond donors (Lipinski definition) is 0. The summed E-state index contributed by atoms with van der Waals surface area (Å²) in [5.74, 6) is 1.52. The lowest BCUT2D eigenvalue weighted by molar-refractivity contribution is -0.180. The highest BCUT2D eigenvalue weighted by molar-refractivity contribution is 9.09. The third-order valence-electron chi connectivity index (χ3n) is 3.42. The van der Waals surface area contributed by atoms with Crippen molar-refractivity contribution in [1.82, 2.24) is 0 Å². The van der Waals surface area contributed by atoms with E-state index in [4.69, 9.17) is 4.74 Å². The number of ether oxygens (including phenoxy) is 1. The van der Waals surface area contributed by atoms with Gasteiger partial charge in [0.05, 0.1) is 6.61 Å². The molecule has 2 aliphatic carbocycles. The normalized spacial score (nSPS) is 39.2. The minimum atomic E-state index is -4.20. The molecule has 0 aliphatic heterocycles. The van der Waals surface area contributed by atoms with Crippen LogP contribution in [0.3, 0.4) is 0 Å². The summed E-state index contributed by atoms with van der Waals surface area (Å²) < 4.78 is 40.5. The second-order valence-electron chi connectivity index (χ2n) is 4.91. The fourth-order valence-electron chi connectivity index (χ4n) is 2.65. The van der Waals surface area contributed by atoms with Crippen molar-refractivity contribution in [2.24, 2.45) is 17.3 Å². The van der Waals surface area contributed by atoms with Gasteiger partial charge >= 0.3 is 6.18 Å². The average Bonchev–Trinajstić information content (AvgIpc) is 2.73. The quantitative estimate of drug-likeness (QED) is 0.720. The summed E-state index contributed by atoms with van der Waals surface area (Å²) in [4.78, 5) is 0. The Hall–Kier alpha value is 0.230. The molecule has 0 amide bonds. The van der Waals surface area contributed by atoms with Crippen LogP contribution in [0.4, 0.5) is 13.2 Å². The Bertz CT molecular complexity index is 231. The Morgan fingerprint density at radius 2 is 1.87 bits per heavy atom. The van der Waals surface area contributed by atoms with Gasteiger partial charge in [-0.3, -0.25) is 0 Å². The maximum atomic E-state index is 11.9. The number of rotatable bonds is 4. The van der Waals surface area contributed by atoms with Crippen LogP contribution >= 0.6 is 15.9 Å². The number of hydrogen-bond acceptors (Lipinski definition) is 1. The summed E-state index contributed by atoms with van der Waals surface area (Å²) in [5.41, 5.74) is -0.0289. The topological polar surface area (TPSA) is 9.23 Å². The molecule has 0 aromatic carbocycles. The van der Waals surface area contributed by atoms with E-state index in [9.17, 15) is 13.2 Å². The molecule has 5 heteroatoms. The van der Waals surface area contributed by atoms with Crippen LogP contribution in [0.15, 0.2) is 0 Å². The molecule has 0 bridgehead atoms. The lowest BCUT2D eigenvalue weighted by atomic mass is 9.86. The third kappa shape index (κ3) is 2.87. The Morgan fingerprint density at radius 1 is 1.27 bits per heavy atom. The van der Waals surface area contributed by atoms with E-state index in [1.807, 2.05) is 0 Å². The standard InChI is InChI=1S/C10H14BrF3O/c11-4-9(2-7-1-8(7)3-9)5-15-6-10(12,13)14/h7-8H,1-6H2. The molecule has 15 heavy (non-hydrogen) atoms. The van der Waals surface area contributed by atoms with Gasteiger partial charge in [-0.15, -0.1) is 0 Å². The van der Waals surface area contributed by atoms with Crippen LogP contribution in [0.1, 0.15) is 19.3 Å². The molecular formula is C10H14BrF3O. The molecule has 88 valence electrons. The summed E-state index contributed by atoms with van der Waals surface area (Å²) in [6, 6.07) is 0. The van der Waals surface area contributed by atoms with Crippen LogP contribution in [0, 0.1) is 17.3 Å². The van der Waals surface area contributed by atoms with Crippen molar-refractivity contribution in [3.63, 3.8) is 0 Å². The van der Waals surface area contributed by atoms with Crippen LogP contribution in [-0.4, -0.2) is 24.7 Å². The predicted molar refractivity (Wildman–Crippen MR) is 53.9 cm³/mol. The first-order valence-corrected chi connectivity index (χ1v) is 6.27. The van der Waals surface area contributed by atoms with Gasteiger partial charge in [0, 0.05) is 10.7 Å². The zero-order valence-corrected chi connectivity index (χ0v) is 9.90. The average molecular weight is 287 g/mol. The molecule has 2 atom stereocenters. The van der Waals surface area contributed by atoms with Crippen LogP contribution in [0.2, 0.25) is 0 Å². The molecule has 0 aromatic heterocycles. The first kappa shape index (κ1) is 11.7. The highest BCUT2D eigenvalue weighted by atomic mass is 79.9. The van der Waals surface area contributed by atoms with Crippen molar-refractivity contribution < 1.29 is 17.9 Å². The fourth-order valence-corrected chi connectivity index (χ4v) is 3.27. The van der Waals surface area contributed by atoms with Crippen molar-refractivity contribution in [1.29, 1.82) is 0 Å². The molecule has 1 nitrogen and oxygen atoms in total. The van der Waals surface area contributed by atoms with Crippen molar-refractivity contribution in [3.05, 3.63) is 0 Å². The molecule has 0 aromatic rings. The summed E-state index contributed by atoms with van der Waals surface area (Å²) in [6.45, 7) is -0.873. The van der Waals surface area contributed by atoms with Gasteiger partial charge in [0.15, 0.2) is 0 Å². The van der Waals surface area contributed by atoms with E-state index in [0.29, 0.717) is 0 Å². The fraction of sp³-hybridized carbons (Fsp3) is 1.00. The highest BCUT2D eigenvalue weighted by Gasteiger charge is 2.53. The molecule has 2 rings (SSSR count). The second-order valence-corrected chi connectivity index (χ2v) is 5.47. The number of halogens is 4. The number of fused-ring (bicyclic) bond motifs is 1. The molecule has 0 spiro atoms. The first-order valence-electron chi connectivity index (χ1n) is 5.15. The summed E-state index contributed by atoms with van der Waals surface area (Å²) in [5, 5.41) is 0.755. The zero-order valence-electron chi connectivity index (χ0n) is 8.32. The second kappa shape index (κ2) is 3.91. The van der Waals surface area contributed by atoms with Crippen molar-refractivity contribution in [2.45, 2.75) is 25.4 Å². The summed E-state index contributed by atoms with van der Waals surface area (Å²) in [6.07, 6.45) is -0.870. The van der Waals surface area contributed by atoms with Crippen LogP contribution < -0.4 is 0 Å². The van der Waals surface area contributed by atoms with E-state index in [1.165, 1.54) is 6.42 Å². The van der Waals surface area contributed by atoms with Crippen molar-refractivity contribution >= 4 is 15.9 Å². The van der Waals surface area contributed by atoms with Crippen LogP contribution in [-0.2, 0) is 4.74 Å². The van der Waals surface area contributed by atoms with Crippen molar-refractivity contribution in [2.75, 3.05) is 18.5 Å². The lowest BCUT2D eigenvalue weighted by Gasteiger charge is -2.28. The largest absolute Gasteiger partial charge is 0.411 e. The van der Waals surface area contributed by atoms with E-state index in [0.717, 1.165) is 30.0 Å². The maximum absolute atomic E-state index is 11.9. The van der Waals surface area contributed by atoms with Gasteiger partial charge in [0.1, 0.15) is 6.61 Å². The van der Waals surface area contributed by atoms with Gasteiger partial charge < -0.3 is 4.74 Å².